The van der Waals surface area contributed by atoms with Crippen molar-refractivity contribution in [3.8, 4) is 0 Å². The van der Waals surface area contributed by atoms with E-state index in [1.807, 2.05) is 12.1 Å². The van der Waals surface area contributed by atoms with E-state index >= 15 is 0 Å². The van der Waals surface area contributed by atoms with Crippen LogP contribution in [0.3, 0.4) is 0 Å². The molecule has 25 heavy (non-hydrogen) atoms. The van der Waals surface area contributed by atoms with Gasteiger partial charge in [-0.25, -0.2) is 9.97 Å². The van der Waals surface area contributed by atoms with E-state index in [9.17, 15) is 0 Å². The highest BCUT2D eigenvalue weighted by Gasteiger charge is 2.05. The number of hydrogen-bond acceptors (Lipinski definition) is 4. The molecule has 0 atom stereocenters. The summed E-state index contributed by atoms with van der Waals surface area (Å²) in [4.78, 5) is 10.8. The first-order valence-electron chi connectivity index (χ1n) is 8.66. The average Bonchev–Trinajstić information content (AvgIpc) is 2.67. The molecule has 0 fully saturated rings. The summed E-state index contributed by atoms with van der Waals surface area (Å²) in [6.07, 6.45) is 3.76. The zero-order valence-electron chi connectivity index (χ0n) is 14.6. The SMILES string of the molecule is CN(Cc1ccccc1)c1cc(NCCCc2ccccc2)ncn1. The molecule has 2 aromatic carbocycles. The normalized spacial score (nSPS) is 10.4. The van der Waals surface area contributed by atoms with Gasteiger partial charge in [0.15, 0.2) is 0 Å². The summed E-state index contributed by atoms with van der Waals surface area (Å²) in [6.45, 7) is 1.72. The number of anilines is 2. The Labute approximate surface area is 149 Å². The van der Waals surface area contributed by atoms with Crippen molar-refractivity contribution in [2.24, 2.45) is 0 Å². The van der Waals surface area contributed by atoms with Gasteiger partial charge in [0, 0.05) is 26.2 Å². The highest BCUT2D eigenvalue weighted by atomic mass is 15.2. The second-order valence-electron chi connectivity index (χ2n) is 6.12. The predicted octanol–water partition coefficient (Wildman–Crippen LogP) is 4.16. The molecule has 3 rings (SSSR count). The van der Waals surface area contributed by atoms with Crippen LogP contribution in [0.25, 0.3) is 0 Å². The van der Waals surface area contributed by atoms with Gasteiger partial charge in [0.25, 0.3) is 0 Å². The van der Waals surface area contributed by atoms with Crippen molar-refractivity contribution in [2.75, 3.05) is 23.8 Å². The zero-order chi connectivity index (χ0) is 17.3. The summed E-state index contributed by atoms with van der Waals surface area (Å²) >= 11 is 0. The van der Waals surface area contributed by atoms with Gasteiger partial charge < -0.3 is 10.2 Å². The summed E-state index contributed by atoms with van der Waals surface area (Å²) in [7, 11) is 2.05. The molecule has 0 unspecified atom stereocenters. The first-order chi connectivity index (χ1) is 12.3. The zero-order valence-corrected chi connectivity index (χ0v) is 14.6. The van der Waals surface area contributed by atoms with Crippen LogP contribution in [-0.2, 0) is 13.0 Å². The van der Waals surface area contributed by atoms with Gasteiger partial charge in [0.05, 0.1) is 0 Å². The molecule has 0 aliphatic carbocycles. The summed E-state index contributed by atoms with van der Waals surface area (Å²) in [5.74, 6) is 1.79. The number of rotatable bonds is 8. The van der Waals surface area contributed by atoms with Crippen molar-refractivity contribution in [1.29, 1.82) is 0 Å². The Kier molecular flexibility index (Phi) is 5.99. The molecule has 0 saturated carbocycles. The Morgan fingerprint density at radius 2 is 1.56 bits per heavy atom. The average molecular weight is 332 g/mol. The molecular weight excluding hydrogens is 308 g/mol. The van der Waals surface area contributed by atoms with Gasteiger partial charge in [-0.15, -0.1) is 0 Å². The van der Waals surface area contributed by atoms with Crippen LogP contribution in [0.4, 0.5) is 11.6 Å². The number of nitrogens with one attached hydrogen (secondary N) is 1. The van der Waals surface area contributed by atoms with E-state index in [1.165, 1.54) is 11.1 Å². The van der Waals surface area contributed by atoms with Crippen LogP contribution in [0, 0.1) is 0 Å². The molecule has 0 aliphatic rings. The molecule has 0 radical (unpaired) electrons. The van der Waals surface area contributed by atoms with E-state index in [1.54, 1.807) is 6.33 Å². The fraction of sp³-hybridized carbons (Fsp3) is 0.238. The molecule has 128 valence electrons. The van der Waals surface area contributed by atoms with Crippen LogP contribution in [-0.4, -0.2) is 23.6 Å². The Bertz CT molecular complexity index is 759. The van der Waals surface area contributed by atoms with Crippen molar-refractivity contribution in [1.82, 2.24) is 9.97 Å². The van der Waals surface area contributed by atoms with Gasteiger partial charge in [-0.3, -0.25) is 0 Å². The van der Waals surface area contributed by atoms with Crippen molar-refractivity contribution >= 4 is 11.6 Å². The van der Waals surface area contributed by atoms with Gasteiger partial charge >= 0.3 is 0 Å². The molecule has 1 N–H and O–H groups in total. The van der Waals surface area contributed by atoms with Crippen molar-refractivity contribution in [2.45, 2.75) is 19.4 Å². The molecule has 0 amide bonds. The Hall–Kier alpha value is -2.88. The van der Waals surface area contributed by atoms with Crippen molar-refractivity contribution in [3.63, 3.8) is 0 Å². The standard InChI is InChI=1S/C21H24N4/c1-25(16-19-11-6-3-7-12-19)21-15-20(23-17-24-21)22-14-8-13-18-9-4-2-5-10-18/h2-7,9-12,15,17H,8,13-14,16H2,1H3,(H,22,23,24). The fourth-order valence-electron chi connectivity index (χ4n) is 2.74. The van der Waals surface area contributed by atoms with Gasteiger partial charge in [-0.2, -0.15) is 0 Å². The highest BCUT2D eigenvalue weighted by molar-refractivity contribution is 5.48. The van der Waals surface area contributed by atoms with Crippen LogP contribution in [0.15, 0.2) is 73.1 Å². The number of nitrogens with zero attached hydrogens (tertiary/aromatic N) is 3. The minimum absolute atomic E-state index is 0.825. The topological polar surface area (TPSA) is 41.0 Å². The van der Waals surface area contributed by atoms with E-state index in [0.29, 0.717) is 0 Å². The predicted molar refractivity (Wildman–Crippen MR) is 104 cm³/mol. The van der Waals surface area contributed by atoms with Gasteiger partial charge in [0.2, 0.25) is 0 Å². The second-order valence-corrected chi connectivity index (χ2v) is 6.12. The Balaban J connectivity index is 1.50. The summed E-state index contributed by atoms with van der Waals surface area (Å²) in [5.41, 5.74) is 2.64. The summed E-state index contributed by atoms with van der Waals surface area (Å²) in [5, 5.41) is 3.40. The smallest absolute Gasteiger partial charge is 0.134 e. The van der Waals surface area contributed by atoms with Crippen LogP contribution in [0.5, 0.6) is 0 Å². The maximum atomic E-state index is 4.39. The van der Waals surface area contributed by atoms with Crippen molar-refractivity contribution < 1.29 is 0 Å². The van der Waals surface area contributed by atoms with Gasteiger partial charge in [-0.1, -0.05) is 60.7 Å². The maximum Gasteiger partial charge on any atom is 0.134 e. The molecular formula is C21H24N4. The lowest BCUT2D eigenvalue weighted by atomic mass is 10.1. The van der Waals surface area contributed by atoms with Crippen LogP contribution < -0.4 is 10.2 Å². The molecule has 1 aromatic heterocycles. The van der Waals surface area contributed by atoms with E-state index in [0.717, 1.165) is 37.6 Å². The van der Waals surface area contributed by atoms with E-state index in [-0.39, 0.29) is 0 Å². The lowest BCUT2D eigenvalue weighted by molar-refractivity contribution is 0.854. The largest absolute Gasteiger partial charge is 0.370 e. The molecule has 1 heterocycles. The summed E-state index contributed by atoms with van der Waals surface area (Å²) < 4.78 is 0. The number of aryl methyl sites for hydroxylation is 1. The Morgan fingerprint density at radius 1 is 0.880 bits per heavy atom. The number of hydrogen-bond donors (Lipinski definition) is 1. The molecule has 0 bridgehead atoms. The highest BCUT2D eigenvalue weighted by Crippen LogP contribution is 2.15. The molecule has 4 heteroatoms. The summed E-state index contributed by atoms with van der Waals surface area (Å²) in [6, 6.07) is 23.0. The van der Waals surface area contributed by atoms with Gasteiger partial charge in [0.1, 0.15) is 18.0 Å². The van der Waals surface area contributed by atoms with E-state index in [2.05, 4.69) is 81.8 Å². The molecule has 0 spiro atoms. The first kappa shape index (κ1) is 17.0. The van der Waals surface area contributed by atoms with Crippen LogP contribution >= 0.6 is 0 Å². The maximum absolute atomic E-state index is 4.39. The third kappa shape index (κ3) is 5.31. The van der Waals surface area contributed by atoms with Crippen LogP contribution in [0.2, 0.25) is 0 Å². The third-order valence-corrected chi connectivity index (χ3v) is 4.10. The fourth-order valence-corrected chi connectivity index (χ4v) is 2.74. The first-order valence-corrected chi connectivity index (χ1v) is 8.66. The van der Waals surface area contributed by atoms with E-state index < -0.39 is 0 Å². The number of benzene rings is 2. The van der Waals surface area contributed by atoms with Crippen LogP contribution in [0.1, 0.15) is 17.5 Å². The molecule has 4 nitrogen and oxygen atoms in total. The monoisotopic (exact) mass is 332 g/mol. The minimum Gasteiger partial charge on any atom is -0.370 e. The second kappa shape index (κ2) is 8.83. The number of aromatic nitrogens is 2. The van der Waals surface area contributed by atoms with Crippen molar-refractivity contribution in [3.05, 3.63) is 84.2 Å². The lowest BCUT2D eigenvalue weighted by Crippen LogP contribution is -2.18. The lowest BCUT2D eigenvalue weighted by Gasteiger charge is -2.18. The molecule has 3 aromatic rings. The van der Waals surface area contributed by atoms with E-state index in [4.69, 9.17) is 0 Å². The molecule has 0 saturated heterocycles. The Morgan fingerprint density at radius 3 is 2.28 bits per heavy atom. The van der Waals surface area contributed by atoms with Gasteiger partial charge in [-0.05, 0) is 24.0 Å². The molecule has 0 aliphatic heterocycles. The third-order valence-electron chi connectivity index (χ3n) is 4.10. The minimum atomic E-state index is 0.825. The quantitative estimate of drug-likeness (QED) is 0.629.